The quantitative estimate of drug-likeness (QED) is 0.850. The zero-order chi connectivity index (χ0) is 14.8. The van der Waals surface area contributed by atoms with Crippen molar-refractivity contribution in [2.75, 3.05) is 33.8 Å². The molecule has 0 radical (unpaired) electrons. The van der Waals surface area contributed by atoms with Gasteiger partial charge in [-0.25, -0.2) is 4.39 Å². The normalized spacial score (nSPS) is 21.8. The minimum absolute atomic E-state index is 0.0998. The molecule has 0 spiro atoms. The lowest BCUT2D eigenvalue weighted by molar-refractivity contribution is 0.0252. The molecule has 1 aliphatic rings. The predicted octanol–water partition coefficient (Wildman–Crippen LogP) is 0.631. The van der Waals surface area contributed by atoms with E-state index in [1.54, 1.807) is 7.05 Å². The van der Waals surface area contributed by atoms with Gasteiger partial charge in [-0.05, 0) is 31.2 Å². The highest BCUT2D eigenvalue weighted by molar-refractivity contribution is 5.94. The van der Waals surface area contributed by atoms with Gasteiger partial charge in [-0.1, -0.05) is 0 Å². The summed E-state index contributed by atoms with van der Waals surface area (Å²) in [6, 6.07) is 4.08. The van der Waals surface area contributed by atoms with Gasteiger partial charge in [0, 0.05) is 19.2 Å². The highest BCUT2D eigenvalue weighted by Crippen LogP contribution is 2.20. The highest BCUT2D eigenvalue weighted by atomic mass is 19.1. The number of carbonyl (C=O) groups is 1. The van der Waals surface area contributed by atoms with Crippen molar-refractivity contribution in [3.8, 4) is 5.75 Å². The average Bonchev–Trinajstić information content (AvgIpc) is 2.84. The van der Waals surface area contributed by atoms with Crippen LogP contribution in [0.4, 0.5) is 4.39 Å². The first kappa shape index (κ1) is 14.7. The maximum absolute atomic E-state index is 13.6. The van der Waals surface area contributed by atoms with E-state index in [-0.39, 0.29) is 23.8 Å². The minimum Gasteiger partial charge on any atom is -0.494 e. The second-order valence-corrected chi connectivity index (χ2v) is 5.16. The van der Waals surface area contributed by atoms with Crippen LogP contribution in [0.5, 0.6) is 5.75 Å². The van der Waals surface area contributed by atoms with Gasteiger partial charge in [0.15, 0.2) is 11.6 Å². The Morgan fingerprint density at radius 3 is 2.90 bits per heavy atom. The molecule has 1 atom stereocenters. The summed E-state index contributed by atoms with van der Waals surface area (Å²) in [5.74, 6) is -0.803. The molecule has 0 bridgehead atoms. The van der Waals surface area contributed by atoms with E-state index >= 15 is 0 Å². The lowest BCUT2D eigenvalue weighted by atomic mass is 10.0. The summed E-state index contributed by atoms with van der Waals surface area (Å²) in [5.41, 5.74) is -0.671. The van der Waals surface area contributed by atoms with Gasteiger partial charge in [-0.15, -0.1) is 0 Å². The van der Waals surface area contributed by atoms with Crippen LogP contribution in [0.25, 0.3) is 0 Å². The lowest BCUT2D eigenvalue weighted by Gasteiger charge is -2.28. The molecule has 0 aliphatic carbocycles. The van der Waals surface area contributed by atoms with Gasteiger partial charge in [0.2, 0.25) is 0 Å². The van der Waals surface area contributed by atoms with Crippen molar-refractivity contribution in [3.05, 3.63) is 29.6 Å². The van der Waals surface area contributed by atoms with Crippen LogP contribution >= 0.6 is 0 Å². The number of hydrogen-bond donors (Lipinski definition) is 2. The van der Waals surface area contributed by atoms with Gasteiger partial charge in [0.05, 0.1) is 19.3 Å². The number of amides is 1. The minimum atomic E-state index is -0.907. The van der Waals surface area contributed by atoms with Crippen LogP contribution in [-0.4, -0.2) is 55.3 Å². The number of aliphatic hydroxyl groups is 1. The fourth-order valence-corrected chi connectivity index (χ4v) is 2.40. The fourth-order valence-electron chi connectivity index (χ4n) is 2.40. The van der Waals surface area contributed by atoms with Gasteiger partial charge in [-0.3, -0.25) is 4.79 Å². The van der Waals surface area contributed by atoms with Gasteiger partial charge in [-0.2, -0.15) is 0 Å². The van der Waals surface area contributed by atoms with Crippen LogP contribution in [0.2, 0.25) is 0 Å². The first-order valence-corrected chi connectivity index (χ1v) is 6.47. The summed E-state index contributed by atoms with van der Waals surface area (Å²) >= 11 is 0. The number of β-amino-alcohol motifs (C(OH)–C–C–N with tert-alkyl or cyclic N) is 1. The first-order chi connectivity index (χ1) is 9.45. The number of rotatable bonds is 4. The van der Waals surface area contributed by atoms with Crippen molar-refractivity contribution in [1.29, 1.82) is 0 Å². The van der Waals surface area contributed by atoms with Crippen molar-refractivity contribution in [2.24, 2.45) is 0 Å². The number of hydrogen-bond acceptors (Lipinski definition) is 4. The number of ether oxygens (including phenoxy) is 1. The van der Waals surface area contributed by atoms with Crippen LogP contribution in [0, 0.1) is 5.82 Å². The molecule has 5 nitrogen and oxygen atoms in total. The summed E-state index contributed by atoms with van der Waals surface area (Å²) < 4.78 is 18.4. The summed E-state index contributed by atoms with van der Waals surface area (Å²) in [6.07, 6.45) is 0.599. The smallest absolute Gasteiger partial charge is 0.253 e. The Hall–Kier alpha value is -1.66. The maximum Gasteiger partial charge on any atom is 0.253 e. The molecule has 0 aromatic heterocycles. The predicted molar refractivity (Wildman–Crippen MR) is 72.3 cm³/mol. The Labute approximate surface area is 117 Å². The number of carbonyl (C=O) groups excluding carboxylic acids is 1. The van der Waals surface area contributed by atoms with E-state index in [1.165, 1.54) is 24.1 Å². The molecule has 1 aromatic carbocycles. The topological polar surface area (TPSA) is 61.8 Å². The van der Waals surface area contributed by atoms with Gasteiger partial charge < -0.3 is 20.1 Å². The standard InChI is InChI=1S/C14H19FN2O3/c1-17(9-14(19)5-6-16-8-14)13(18)10-3-4-12(20-2)11(15)7-10/h3-4,7,16,19H,5-6,8-9H2,1-2H3. The third kappa shape index (κ3) is 3.08. The molecule has 20 heavy (non-hydrogen) atoms. The van der Waals surface area contributed by atoms with Gasteiger partial charge in [0.1, 0.15) is 0 Å². The number of methoxy groups -OCH3 is 1. The first-order valence-electron chi connectivity index (χ1n) is 6.47. The van der Waals surface area contributed by atoms with Crippen LogP contribution in [-0.2, 0) is 0 Å². The number of nitrogens with one attached hydrogen (secondary N) is 1. The zero-order valence-electron chi connectivity index (χ0n) is 11.6. The second kappa shape index (κ2) is 5.76. The SMILES string of the molecule is COc1ccc(C(=O)N(C)CC2(O)CCNC2)cc1F. The highest BCUT2D eigenvalue weighted by Gasteiger charge is 2.33. The molecular formula is C14H19FN2O3. The van der Waals surface area contributed by atoms with Crippen molar-refractivity contribution in [2.45, 2.75) is 12.0 Å². The third-order valence-electron chi connectivity index (χ3n) is 3.50. The number of benzene rings is 1. The molecule has 1 saturated heterocycles. The molecule has 1 fully saturated rings. The Bertz CT molecular complexity index is 501. The molecule has 1 amide bonds. The summed E-state index contributed by atoms with van der Waals surface area (Å²) in [5, 5.41) is 13.3. The largest absolute Gasteiger partial charge is 0.494 e. The fraction of sp³-hybridized carbons (Fsp3) is 0.500. The molecule has 2 rings (SSSR count). The summed E-state index contributed by atoms with van der Waals surface area (Å²) in [7, 11) is 2.97. The molecule has 1 aliphatic heterocycles. The van der Waals surface area contributed by atoms with E-state index in [2.05, 4.69) is 5.32 Å². The molecule has 2 N–H and O–H groups in total. The number of nitrogens with zero attached hydrogens (tertiary/aromatic N) is 1. The van der Waals surface area contributed by atoms with E-state index in [9.17, 15) is 14.3 Å². The van der Waals surface area contributed by atoms with Gasteiger partial charge >= 0.3 is 0 Å². The van der Waals surface area contributed by atoms with Crippen LogP contribution in [0.3, 0.4) is 0 Å². The van der Waals surface area contributed by atoms with Crippen molar-refractivity contribution >= 4 is 5.91 Å². The average molecular weight is 282 g/mol. The van der Waals surface area contributed by atoms with E-state index in [1.807, 2.05) is 0 Å². The molecule has 1 aromatic rings. The monoisotopic (exact) mass is 282 g/mol. The zero-order valence-corrected chi connectivity index (χ0v) is 11.6. The second-order valence-electron chi connectivity index (χ2n) is 5.16. The van der Waals surface area contributed by atoms with E-state index in [4.69, 9.17) is 4.74 Å². The number of halogens is 1. The van der Waals surface area contributed by atoms with Crippen molar-refractivity contribution in [3.63, 3.8) is 0 Å². The van der Waals surface area contributed by atoms with E-state index in [0.29, 0.717) is 13.0 Å². The lowest BCUT2D eigenvalue weighted by Crippen LogP contribution is -2.45. The summed E-state index contributed by atoms with van der Waals surface area (Å²) in [4.78, 5) is 13.6. The van der Waals surface area contributed by atoms with Crippen LogP contribution in [0.15, 0.2) is 18.2 Å². The van der Waals surface area contributed by atoms with E-state index < -0.39 is 11.4 Å². The van der Waals surface area contributed by atoms with Crippen LogP contribution < -0.4 is 10.1 Å². The third-order valence-corrected chi connectivity index (χ3v) is 3.50. The Morgan fingerprint density at radius 2 is 2.35 bits per heavy atom. The molecule has 6 heteroatoms. The van der Waals surface area contributed by atoms with Crippen molar-refractivity contribution < 1.29 is 19.0 Å². The molecule has 110 valence electrons. The maximum atomic E-state index is 13.6. The molecular weight excluding hydrogens is 263 g/mol. The van der Waals surface area contributed by atoms with Crippen molar-refractivity contribution in [1.82, 2.24) is 10.2 Å². The Morgan fingerprint density at radius 1 is 1.60 bits per heavy atom. The van der Waals surface area contributed by atoms with Gasteiger partial charge in [0.25, 0.3) is 5.91 Å². The number of likely N-dealkylation sites (N-methyl/N-ethyl adjacent to an activating group) is 1. The van der Waals surface area contributed by atoms with Crippen LogP contribution in [0.1, 0.15) is 16.8 Å². The Kier molecular flexibility index (Phi) is 4.25. The molecule has 1 unspecified atom stereocenters. The molecule has 1 heterocycles. The summed E-state index contributed by atoms with van der Waals surface area (Å²) in [6.45, 7) is 1.41. The molecule has 0 saturated carbocycles. The Balaban J connectivity index is 2.08. The van der Waals surface area contributed by atoms with E-state index in [0.717, 1.165) is 12.6 Å².